The normalized spacial score (nSPS) is 15.2. The molecule has 4 rings (SSSR count). The van der Waals surface area contributed by atoms with Gasteiger partial charge in [0.1, 0.15) is 0 Å². The van der Waals surface area contributed by atoms with Crippen LogP contribution in [0.4, 0.5) is 0 Å². The van der Waals surface area contributed by atoms with Crippen molar-refractivity contribution in [2.24, 2.45) is 0 Å². The van der Waals surface area contributed by atoms with Crippen molar-refractivity contribution < 1.29 is 19.1 Å². The van der Waals surface area contributed by atoms with Crippen LogP contribution in [0.2, 0.25) is 0 Å². The van der Waals surface area contributed by atoms with Gasteiger partial charge in [0.25, 0.3) is 0 Å². The number of hydrogen-bond acceptors (Lipinski definition) is 5. The van der Waals surface area contributed by atoms with Gasteiger partial charge in [0.2, 0.25) is 0 Å². The number of nitrogens with zero attached hydrogens (tertiary/aromatic N) is 1. The first-order valence-electron chi connectivity index (χ1n) is 9.55. The summed E-state index contributed by atoms with van der Waals surface area (Å²) in [5.41, 5.74) is 5.08. The molecule has 0 amide bonds. The summed E-state index contributed by atoms with van der Waals surface area (Å²) in [5.74, 6) is -1.11. The Bertz CT molecular complexity index is 1120. The van der Waals surface area contributed by atoms with E-state index in [-0.39, 0.29) is 0 Å². The molecule has 0 fully saturated rings. The lowest BCUT2D eigenvalue weighted by molar-refractivity contribution is -0.149. The monoisotopic (exact) mass is 387 g/mol. The van der Waals surface area contributed by atoms with E-state index in [4.69, 9.17) is 9.72 Å². The Kier molecular flexibility index (Phi) is 5.12. The van der Waals surface area contributed by atoms with Crippen molar-refractivity contribution in [1.29, 1.82) is 0 Å². The highest BCUT2D eigenvalue weighted by Gasteiger charge is 2.29. The van der Waals surface area contributed by atoms with Crippen molar-refractivity contribution in [2.75, 3.05) is 7.11 Å². The summed E-state index contributed by atoms with van der Waals surface area (Å²) in [6.45, 7) is 1.51. The highest BCUT2D eigenvalue weighted by molar-refractivity contribution is 6.07. The number of esters is 2. The quantitative estimate of drug-likeness (QED) is 0.619. The zero-order chi connectivity index (χ0) is 20.4. The van der Waals surface area contributed by atoms with E-state index in [1.54, 1.807) is 0 Å². The Labute approximate surface area is 169 Å². The van der Waals surface area contributed by atoms with Gasteiger partial charge in [0.15, 0.2) is 6.10 Å². The maximum absolute atomic E-state index is 13.0. The van der Waals surface area contributed by atoms with E-state index < -0.39 is 18.0 Å². The molecule has 0 aliphatic heterocycles. The molecular formula is C24H21NO4. The van der Waals surface area contributed by atoms with Gasteiger partial charge < -0.3 is 9.47 Å². The van der Waals surface area contributed by atoms with Crippen LogP contribution in [-0.4, -0.2) is 30.1 Å². The standard InChI is InChI=1S/C24H21NO4/c1-15(23(26)28-2)29-24(27)21-18-10-6-7-11-20(18)25-22-17(12-13-19(21)22)14-16-8-4-3-5-9-16/h3-11,14-15H,12-13H2,1-2H3/b17-14+. The molecule has 2 aromatic carbocycles. The molecule has 29 heavy (non-hydrogen) atoms. The summed E-state index contributed by atoms with van der Waals surface area (Å²) in [4.78, 5) is 29.6. The number of para-hydroxylation sites is 1. The van der Waals surface area contributed by atoms with E-state index >= 15 is 0 Å². The van der Waals surface area contributed by atoms with Gasteiger partial charge in [-0.15, -0.1) is 0 Å². The summed E-state index contributed by atoms with van der Waals surface area (Å²) in [5, 5.41) is 0.731. The largest absolute Gasteiger partial charge is 0.466 e. The van der Waals surface area contributed by atoms with Crippen molar-refractivity contribution in [3.8, 4) is 0 Å². The number of methoxy groups -OCH3 is 1. The Morgan fingerprint density at radius 1 is 1.03 bits per heavy atom. The van der Waals surface area contributed by atoms with Crippen LogP contribution in [0.15, 0.2) is 54.6 Å². The number of ether oxygens (including phenoxy) is 2. The maximum Gasteiger partial charge on any atom is 0.346 e. The molecular weight excluding hydrogens is 366 g/mol. The zero-order valence-electron chi connectivity index (χ0n) is 16.3. The Morgan fingerprint density at radius 3 is 2.52 bits per heavy atom. The van der Waals surface area contributed by atoms with Crippen LogP contribution in [0.25, 0.3) is 22.6 Å². The lowest BCUT2D eigenvalue weighted by Gasteiger charge is -2.15. The second kappa shape index (κ2) is 7.87. The van der Waals surface area contributed by atoms with E-state index in [9.17, 15) is 9.59 Å². The van der Waals surface area contributed by atoms with Gasteiger partial charge in [-0.2, -0.15) is 0 Å². The number of hydrogen-bond donors (Lipinski definition) is 0. The number of fused-ring (bicyclic) bond motifs is 2. The van der Waals surface area contributed by atoms with Crippen molar-refractivity contribution in [2.45, 2.75) is 25.9 Å². The fourth-order valence-corrected chi connectivity index (χ4v) is 3.70. The van der Waals surface area contributed by atoms with Crippen LogP contribution in [0.5, 0.6) is 0 Å². The van der Waals surface area contributed by atoms with Crippen molar-refractivity contribution in [3.05, 3.63) is 77.0 Å². The van der Waals surface area contributed by atoms with E-state index in [2.05, 4.69) is 10.8 Å². The maximum atomic E-state index is 13.0. The van der Waals surface area contributed by atoms with Crippen LogP contribution in [-0.2, 0) is 20.7 Å². The summed E-state index contributed by atoms with van der Waals surface area (Å²) in [6.07, 6.45) is 2.62. The first kappa shape index (κ1) is 18.9. The number of pyridine rings is 1. The average molecular weight is 387 g/mol. The number of carbonyl (C=O) groups excluding carboxylic acids is 2. The lowest BCUT2D eigenvalue weighted by atomic mass is 10.0. The van der Waals surface area contributed by atoms with Crippen LogP contribution in [0.1, 0.15) is 40.5 Å². The molecule has 1 unspecified atom stereocenters. The van der Waals surface area contributed by atoms with Gasteiger partial charge in [0, 0.05) is 5.39 Å². The van der Waals surface area contributed by atoms with Gasteiger partial charge in [-0.3, -0.25) is 0 Å². The lowest BCUT2D eigenvalue weighted by Crippen LogP contribution is -2.26. The SMILES string of the molecule is COC(=O)C(C)OC(=O)c1c2c(nc3ccccc13)/C(=C/c1ccccc1)CC2. The van der Waals surface area contributed by atoms with E-state index in [0.29, 0.717) is 12.0 Å². The topological polar surface area (TPSA) is 65.5 Å². The molecule has 0 N–H and O–H groups in total. The van der Waals surface area contributed by atoms with E-state index in [1.807, 2.05) is 54.6 Å². The third kappa shape index (κ3) is 3.63. The van der Waals surface area contributed by atoms with Gasteiger partial charge in [-0.05, 0) is 48.6 Å². The Balaban J connectivity index is 1.82. The van der Waals surface area contributed by atoms with Gasteiger partial charge >= 0.3 is 11.9 Å². The molecule has 0 saturated heterocycles. The molecule has 1 heterocycles. The third-order valence-corrected chi connectivity index (χ3v) is 5.10. The van der Waals surface area contributed by atoms with E-state index in [1.165, 1.54) is 14.0 Å². The second-order valence-corrected chi connectivity index (χ2v) is 6.98. The van der Waals surface area contributed by atoms with Crippen LogP contribution in [0, 0.1) is 0 Å². The predicted octanol–water partition coefficient (Wildman–Crippen LogP) is 4.44. The molecule has 0 bridgehead atoms. The molecule has 1 aliphatic rings. The molecule has 1 aliphatic carbocycles. The van der Waals surface area contributed by atoms with Crippen LogP contribution >= 0.6 is 0 Å². The Hall–Kier alpha value is -3.47. The molecule has 5 nitrogen and oxygen atoms in total. The molecule has 0 saturated carbocycles. The first-order valence-corrected chi connectivity index (χ1v) is 9.55. The van der Waals surface area contributed by atoms with Crippen LogP contribution < -0.4 is 0 Å². The summed E-state index contributed by atoms with van der Waals surface area (Å²) >= 11 is 0. The predicted molar refractivity (Wildman–Crippen MR) is 111 cm³/mol. The van der Waals surface area contributed by atoms with Crippen molar-refractivity contribution >= 4 is 34.5 Å². The summed E-state index contributed by atoms with van der Waals surface area (Å²) < 4.78 is 10.1. The average Bonchev–Trinajstić information content (AvgIpc) is 3.13. The third-order valence-electron chi connectivity index (χ3n) is 5.10. The van der Waals surface area contributed by atoms with E-state index in [0.717, 1.165) is 39.7 Å². The summed E-state index contributed by atoms with van der Waals surface area (Å²) in [6, 6.07) is 17.6. The fraction of sp³-hybridized carbons (Fsp3) is 0.208. The van der Waals surface area contributed by atoms with Crippen molar-refractivity contribution in [1.82, 2.24) is 4.98 Å². The number of carbonyl (C=O) groups is 2. The van der Waals surface area contributed by atoms with Crippen LogP contribution in [0.3, 0.4) is 0 Å². The highest BCUT2D eigenvalue weighted by Crippen LogP contribution is 2.37. The molecule has 1 aromatic heterocycles. The number of aromatic nitrogens is 1. The van der Waals surface area contributed by atoms with Gasteiger partial charge in [-0.25, -0.2) is 14.6 Å². The smallest absolute Gasteiger partial charge is 0.346 e. The number of allylic oxidation sites excluding steroid dienone is 1. The Morgan fingerprint density at radius 2 is 1.76 bits per heavy atom. The van der Waals surface area contributed by atoms with Crippen molar-refractivity contribution in [3.63, 3.8) is 0 Å². The molecule has 146 valence electrons. The summed E-state index contributed by atoms with van der Waals surface area (Å²) in [7, 11) is 1.27. The molecule has 1 atom stereocenters. The highest BCUT2D eigenvalue weighted by atomic mass is 16.6. The first-order chi connectivity index (χ1) is 14.1. The second-order valence-electron chi connectivity index (χ2n) is 6.98. The molecule has 0 radical (unpaired) electrons. The van der Waals surface area contributed by atoms with Gasteiger partial charge in [-0.1, -0.05) is 48.5 Å². The minimum atomic E-state index is -0.976. The molecule has 0 spiro atoms. The van der Waals surface area contributed by atoms with Gasteiger partial charge in [0.05, 0.1) is 23.9 Å². The number of benzene rings is 2. The molecule has 5 heteroatoms. The molecule has 3 aromatic rings. The minimum absolute atomic E-state index is 0.484. The fourth-order valence-electron chi connectivity index (χ4n) is 3.70. The zero-order valence-corrected chi connectivity index (χ0v) is 16.3. The minimum Gasteiger partial charge on any atom is -0.466 e. The number of rotatable bonds is 4.